The number of fused-ring (bicyclic) bond motifs is 1. The quantitative estimate of drug-likeness (QED) is 0.370. The van der Waals surface area contributed by atoms with E-state index in [0.717, 1.165) is 6.07 Å². The first-order chi connectivity index (χ1) is 14.3. The first kappa shape index (κ1) is 21.8. The zero-order valence-electron chi connectivity index (χ0n) is 15.6. The van der Waals surface area contributed by atoms with Crippen LogP contribution >= 0.6 is 11.6 Å². The van der Waals surface area contributed by atoms with Gasteiger partial charge in [0.15, 0.2) is 11.5 Å². The molecule has 0 bridgehead atoms. The largest absolute Gasteiger partial charge is 0.489 e. The summed E-state index contributed by atoms with van der Waals surface area (Å²) in [6.07, 6.45) is 0.692. The van der Waals surface area contributed by atoms with Crippen molar-refractivity contribution in [3.8, 4) is 11.5 Å². The molecule has 0 fully saturated rings. The molecule has 3 rings (SSSR count). The molecule has 0 aromatic heterocycles. The summed E-state index contributed by atoms with van der Waals surface area (Å²) in [7, 11) is -3.97. The Morgan fingerprint density at radius 3 is 2.70 bits per heavy atom. The molecule has 0 spiro atoms. The number of rotatable bonds is 7. The van der Waals surface area contributed by atoms with Crippen LogP contribution in [-0.2, 0) is 10.0 Å². The van der Waals surface area contributed by atoms with Gasteiger partial charge in [-0.05, 0) is 18.2 Å². The molecule has 2 N–H and O–H groups in total. The molecule has 12 heteroatoms. The van der Waals surface area contributed by atoms with Gasteiger partial charge in [-0.1, -0.05) is 17.7 Å². The minimum absolute atomic E-state index is 0.0148. The van der Waals surface area contributed by atoms with Gasteiger partial charge in [-0.3, -0.25) is 14.9 Å². The van der Waals surface area contributed by atoms with Gasteiger partial charge in [0.1, 0.15) is 0 Å². The van der Waals surface area contributed by atoms with E-state index in [0.29, 0.717) is 31.1 Å². The number of nitrogens with zero attached hydrogens (tertiary/aromatic N) is 1. The molecule has 160 valence electrons. The van der Waals surface area contributed by atoms with E-state index < -0.39 is 20.9 Å². The van der Waals surface area contributed by atoms with Gasteiger partial charge in [-0.2, -0.15) is 0 Å². The van der Waals surface area contributed by atoms with Crippen molar-refractivity contribution in [1.82, 2.24) is 10.0 Å². The summed E-state index contributed by atoms with van der Waals surface area (Å²) in [4.78, 5) is 22.2. The lowest BCUT2D eigenvalue weighted by atomic mass is 10.2. The minimum atomic E-state index is -3.97. The normalized spacial score (nSPS) is 13.4. The van der Waals surface area contributed by atoms with Crippen LogP contribution in [0.4, 0.5) is 5.69 Å². The van der Waals surface area contributed by atoms with Crippen molar-refractivity contribution >= 4 is 33.2 Å². The third kappa shape index (κ3) is 5.17. The summed E-state index contributed by atoms with van der Waals surface area (Å²) in [6.45, 7) is 0.769. The Labute approximate surface area is 177 Å². The molecule has 30 heavy (non-hydrogen) atoms. The van der Waals surface area contributed by atoms with E-state index >= 15 is 0 Å². The Hall–Kier alpha value is -2.89. The van der Waals surface area contributed by atoms with Gasteiger partial charge in [0.05, 0.1) is 28.1 Å². The molecule has 0 aliphatic carbocycles. The van der Waals surface area contributed by atoms with Crippen LogP contribution in [0.3, 0.4) is 0 Å². The zero-order valence-corrected chi connectivity index (χ0v) is 17.2. The van der Waals surface area contributed by atoms with E-state index in [4.69, 9.17) is 21.1 Å². The number of halogens is 1. The van der Waals surface area contributed by atoms with Crippen LogP contribution in [0.15, 0.2) is 41.3 Å². The maximum absolute atomic E-state index is 12.4. The van der Waals surface area contributed by atoms with Crippen molar-refractivity contribution in [1.29, 1.82) is 0 Å². The van der Waals surface area contributed by atoms with Gasteiger partial charge in [0.2, 0.25) is 10.0 Å². The van der Waals surface area contributed by atoms with E-state index in [1.165, 1.54) is 30.3 Å². The number of amides is 1. The number of hydrogen-bond donors (Lipinski definition) is 2. The predicted molar refractivity (Wildman–Crippen MR) is 108 cm³/mol. The van der Waals surface area contributed by atoms with E-state index in [1.807, 2.05) is 0 Å². The fourth-order valence-electron chi connectivity index (χ4n) is 2.67. The molecule has 0 saturated carbocycles. The highest BCUT2D eigenvalue weighted by molar-refractivity contribution is 7.89. The maximum atomic E-state index is 12.4. The number of nitro groups is 1. The molecule has 1 aliphatic rings. The molecule has 0 atom stereocenters. The highest BCUT2D eigenvalue weighted by atomic mass is 35.5. The average Bonchev–Trinajstić information content (AvgIpc) is 2.97. The van der Waals surface area contributed by atoms with E-state index in [9.17, 15) is 23.3 Å². The van der Waals surface area contributed by atoms with Gasteiger partial charge >= 0.3 is 0 Å². The number of hydrogen-bond acceptors (Lipinski definition) is 7. The SMILES string of the molecule is O=C(NCCNS(=O)(=O)c1cccc([N+](=O)[O-])c1)c1cc(Cl)c2c(c1)OCCCO2. The van der Waals surface area contributed by atoms with Crippen molar-refractivity contribution in [2.45, 2.75) is 11.3 Å². The molecule has 0 unspecified atom stereocenters. The highest BCUT2D eigenvalue weighted by Gasteiger charge is 2.19. The van der Waals surface area contributed by atoms with Crippen LogP contribution in [0.1, 0.15) is 16.8 Å². The van der Waals surface area contributed by atoms with Gasteiger partial charge in [-0.15, -0.1) is 0 Å². The summed E-state index contributed by atoms with van der Waals surface area (Å²) in [5.41, 5.74) is -0.0942. The molecule has 0 radical (unpaired) electrons. The number of benzene rings is 2. The monoisotopic (exact) mass is 455 g/mol. The van der Waals surface area contributed by atoms with E-state index in [-0.39, 0.29) is 34.3 Å². The lowest BCUT2D eigenvalue weighted by Crippen LogP contribution is -2.34. The Morgan fingerprint density at radius 1 is 1.17 bits per heavy atom. The molecular weight excluding hydrogens is 438 g/mol. The van der Waals surface area contributed by atoms with Crippen LogP contribution in [0.25, 0.3) is 0 Å². The maximum Gasteiger partial charge on any atom is 0.270 e. The molecule has 2 aromatic rings. The summed E-state index contributed by atoms with van der Waals surface area (Å²) >= 11 is 6.16. The van der Waals surface area contributed by atoms with Crippen LogP contribution in [0.2, 0.25) is 5.02 Å². The Morgan fingerprint density at radius 2 is 1.93 bits per heavy atom. The third-order valence-corrected chi connectivity index (χ3v) is 5.85. The van der Waals surface area contributed by atoms with Crippen molar-refractivity contribution in [3.63, 3.8) is 0 Å². The fourth-order valence-corrected chi connectivity index (χ4v) is 4.01. The smallest absolute Gasteiger partial charge is 0.270 e. The van der Waals surface area contributed by atoms with Gasteiger partial charge in [0.25, 0.3) is 11.6 Å². The van der Waals surface area contributed by atoms with Crippen LogP contribution in [0, 0.1) is 10.1 Å². The van der Waals surface area contributed by atoms with E-state index in [2.05, 4.69) is 10.0 Å². The first-order valence-corrected chi connectivity index (χ1v) is 10.8. The molecule has 2 aromatic carbocycles. The topological polar surface area (TPSA) is 137 Å². The lowest BCUT2D eigenvalue weighted by Gasteiger charge is -2.12. The van der Waals surface area contributed by atoms with Gasteiger partial charge < -0.3 is 14.8 Å². The third-order valence-electron chi connectivity index (χ3n) is 4.11. The minimum Gasteiger partial charge on any atom is -0.489 e. The Kier molecular flexibility index (Phi) is 6.75. The van der Waals surface area contributed by atoms with Gasteiger partial charge in [0, 0.05) is 37.2 Å². The average molecular weight is 456 g/mol. The Balaban J connectivity index is 1.58. The number of nitrogens with one attached hydrogen (secondary N) is 2. The predicted octanol–water partition coefficient (Wildman–Crippen LogP) is 2.12. The second kappa shape index (κ2) is 9.28. The number of nitro benzene ring substituents is 1. The van der Waals surface area contributed by atoms with Crippen molar-refractivity contribution in [2.75, 3.05) is 26.3 Å². The highest BCUT2D eigenvalue weighted by Crippen LogP contribution is 2.37. The lowest BCUT2D eigenvalue weighted by molar-refractivity contribution is -0.385. The number of carbonyl (C=O) groups is 1. The second-order valence-electron chi connectivity index (χ2n) is 6.24. The zero-order chi connectivity index (χ0) is 21.7. The van der Waals surface area contributed by atoms with E-state index in [1.54, 1.807) is 0 Å². The van der Waals surface area contributed by atoms with Crippen molar-refractivity contribution < 1.29 is 27.6 Å². The second-order valence-corrected chi connectivity index (χ2v) is 8.42. The standard InChI is InChI=1S/C18H18ClN3O7S/c19-15-9-12(10-16-17(15)29-8-2-7-28-16)18(23)20-5-6-21-30(26,27)14-4-1-3-13(11-14)22(24)25/h1,3-4,9-11,21H,2,5-8H2,(H,20,23). The first-order valence-electron chi connectivity index (χ1n) is 8.89. The van der Waals surface area contributed by atoms with Crippen LogP contribution < -0.4 is 19.5 Å². The van der Waals surface area contributed by atoms with Crippen LogP contribution in [-0.4, -0.2) is 45.6 Å². The molecular formula is C18H18ClN3O7S. The van der Waals surface area contributed by atoms with Crippen molar-refractivity contribution in [3.05, 3.63) is 57.1 Å². The molecule has 1 heterocycles. The van der Waals surface area contributed by atoms with Gasteiger partial charge in [-0.25, -0.2) is 13.1 Å². The van der Waals surface area contributed by atoms with Crippen molar-refractivity contribution in [2.24, 2.45) is 0 Å². The summed E-state index contributed by atoms with van der Waals surface area (Å²) in [5, 5.41) is 13.6. The molecule has 1 aliphatic heterocycles. The fraction of sp³-hybridized carbons (Fsp3) is 0.278. The summed E-state index contributed by atoms with van der Waals surface area (Å²) in [6, 6.07) is 7.63. The molecule has 0 saturated heterocycles. The van der Waals surface area contributed by atoms with Crippen LogP contribution in [0.5, 0.6) is 11.5 Å². The number of non-ortho nitro benzene ring substituents is 1. The molecule has 1 amide bonds. The number of sulfonamides is 1. The summed E-state index contributed by atoms with van der Waals surface area (Å²) < 4.78 is 37.9. The number of carbonyl (C=O) groups excluding carboxylic acids is 1. The Bertz CT molecular complexity index is 1080. The number of ether oxygens (including phenoxy) is 2. The molecule has 10 nitrogen and oxygen atoms in total. The summed E-state index contributed by atoms with van der Waals surface area (Å²) in [5.74, 6) is 0.286.